The van der Waals surface area contributed by atoms with Crippen LogP contribution >= 0.6 is 0 Å². The predicted octanol–water partition coefficient (Wildman–Crippen LogP) is 4.71. The molecule has 8 nitrogen and oxygen atoms in total. The van der Waals surface area contributed by atoms with Gasteiger partial charge in [-0.15, -0.1) is 0 Å². The van der Waals surface area contributed by atoms with Gasteiger partial charge in [0.2, 0.25) is 0 Å². The van der Waals surface area contributed by atoms with Crippen LogP contribution in [0.2, 0.25) is 0 Å². The number of anilines is 1. The number of carbonyl (C=O) groups is 1. The lowest BCUT2D eigenvalue weighted by Gasteiger charge is -2.09. The monoisotopic (exact) mass is 412 g/mol. The number of hydrogen-bond donors (Lipinski definition) is 1. The summed E-state index contributed by atoms with van der Waals surface area (Å²) in [5, 5.41) is 12.5. The molecule has 0 aliphatic heterocycles. The number of fused-ring (bicyclic) bond motifs is 1. The maximum atomic E-state index is 13.2. The number of hydrogen-bond acceptors (Lipinski definition) is 5. The van der Waals surface area contributed by atoms with Gasteiger partial charge in [0.25, 0.3) is 5.91 Å². The number of carbonyl (C=O) groups excluding carboxylic acids is 1. The maximum Gasteiger partial charge on any atom is 0.257 e. The van der Waals surface area contributed by atoms with E-state index in [2.05, 4.69) is 15.5 Å². The molecule has 4 aromatic heterocycles. The highest BCUT2D eigenvalue weighted by Crippen LogP contribution is 2.27. The third kappa shape index (κ3) is 3.48. The van der Waals surface area contributed by atoms with Gasteiger partial charge >= 0.3 is 0 Å². The Morgan fingerprint density at radius 3 is 2.68 bits per heavy atom. The van der Waals surface area contributed by atoms with Gasteiger partial charge in [0.05, 0.1) is 29.1 Å². The van der Waals surface area contributed by atoms with Crippen LogP contribution in [0.25, 0.3) is 28.2 Å². The number of nitrogens with one attached hydrogen (secondary N) is 1. The van der Waals surface area contributed by atoms with Gasteiger partial charge in [-0.25, -0.2) is 14.3 Å². The Morgan fingerprint density at radius 2 is 1.94 bits per heavy atom. The minimum atomic E-state index is -0.290. The number of aromatic nitrogens is 5. The highest BCUT2D eigenvalue weighted by Gasteiger charge is 2.20. The van der Waals surface area contributed by atoms with E-state index in [1.54, 1.807) is 46.2 Å². The van der Waals surface area contributed by atoms with E-state index in [9.17, 15) is 4.79 Å². The molecule has 8 heteroatoms. The summed E-state index contributed by atoms with van der Waals surface area (Å²) in [6.07, 6.45) is 5.06. The van der Waals surface area contributed by atoms with Gasteiger partial charge in [-0.2, -0.15) is 10.2 Å². The molecule has 1 amide bonds. The zero-order valence-electron chi connectivity index (χ0n) is 17.1. The van der Waals surface area contributed by atoms with E-state index >= 15 is 0 Å². The van der Waals surface area contributed by atoms with Gasteiger partial charge in [-0.3, -0.25) is 4.79 Å². The number of pyridine rings is 1. The zero-order chi connectivity index (χ0) is 21.4. The lowest BCUT2D eigenvalue weighted by molar-refractivity contribution is 0.102. The van der Waals surface area contributed by atoms with Crippen LogP contribution in [-0.4, -0.2) is 30.5 Å². The first-order valence-corrected chi connectivity index (χ1v) is 9.95. The minimum absolute atomic E-state index is 0.0920. The molecule has 0 saturated carbocycles. The average molecular weight is 412 g/mol. The van der Waals surface area contributed by atoms with E-state index in [1.165, 1.54) is 0 Å². The molecule has 0 unspecified atom stereocenters. The largest absolute Gasteiger partial charge is 0.463 e. The Morgan fingerprint density at radius 1 is 1.10 bits per heavy atom. The first kappa shape index (κ1) is 18.8. The molecule has 0 aliphatic carbocycles. The first-order valence-electron chi connectivity index (χ1n) is 9.95. The summed E-state index contributed by atoms with van der Waals surface area (Å²) in [5.41, 5.74) is 2.56. The molecule has 154 valence electrons. The predicted molar refractivity (Wildman–Crippen MR) is 117 cm³/mol. The van der Waals surface area contributed by atoms with Crippen LogP contribution in [0.4, 0.5) is 5.82 Å². The molecular weight excluding hydrogens is 392 g/mol. The molecule has 0 aliphatic rings. The van der Waals surface area contributed by atoms with Crippen molar-refractivity contribution in [1.82, 2.24) is 24.5 Å². The SMILES string of the molecule is CC(C)n1ncc2c(C(=O)Nc3ccn(-c4ccccc4)n3)cc(-c3ccco3)nc21. The number of para-hydroxylation sites is 1. The van der Waals surface area contributed by atoms with E-state index in [0.717, 1.165) is 5.69 Å². The van der Waals surface area contributed by atoms with Crippen molar-refractivity contribution >= 4 is 22.8 Å². The van der Waals surface area contributed by atoms with Crippen LogP contribution in [0, 0.1) is 0 Å². The molecule has 1 N–H and O–H groups in total. The second kappa shape index (κ2) is 7.56. The summed E-state index contributed by atoms with van der Waals surface area (Å²) in [6.45, 7) is 4.04. The maximum absolute atomic E-state index is 13.2. The van der Waals surface area contributed by atoms with Crippen molar-refractivity contribution in [1.29, 1.82) is 0 Å². The van der Waals surface area contributed by atoms with Crippen molar-refractivity contribution in [2.75, 3.05) is 5.32 Å². The van der Waals surface area contributed by atoms with E-state index in [-0.39, 0.29) is 11.9 Å². The average Bonchev–Trinajstić information content (AvgIpc) is 3.53. The second-order valence-corrected chi connectivity index (χ2v) is 7.39. The summed E-state index contributed by atoms with van der Waals surface area (Å²) in [7, 11) is 0. The summed E-state index contributed by atoms with van der Waals surface area (Å²) in [5.74, 6) is 0.747. The number of amides is 1. The normalized spacial score (nSPS) is 11.3. The van der Waals surface area contributed by atoms with Crippen molar-refractivity contribution in [3.8, 4) is 17.1 Å². The zero-order valence-corrected chi connectivity index (χ0v) is 17.1. The molecule has 4 heterocycles. The topological polar surface area (TPSA) is 90.8 Å². The summed E-state index contributed by atoms with van der Waals surface area (Å²) >= 11 is 0. The highest BCUT2D eigenvalue weighted by atomic mass is 16.3. The molecule has 0 spiro atoms. The van der Waals surface area contributed by atoms with Gasteiger partial charge in [-0.05, 0) is 44.2 Å². The molecule has 0 bridgehead atoms. The molecule has 0 atom stereocenters. The van der Waals surface area contributed by atoms with Gasteiger partial charge in [0.15, 0.2) is 17.2 Å². The molecule has 0 saturated heterocycles. The number of furan rings is 1. The number of rotatable bonds is 5. The van der Waals surface area contributed by atoms with Crippen molar-refractivity contribution in [2.45, 2.75) is 19.9 Å². The molecule has 0 fully saturated rings. The molecule has 0 radical (unpaired) electrons. The van der Waals surface area contributed by atoms with E-state index in [0.29, 0.717) is 33.9 Å². The Kier molecular flexibility index (Phi) is 4.59. The van der Waals surface area contributed by atoms with Crippen LogP contribution in [0.1, 0.15) is 30.2 Å². The van der Waals surface area contributed by atoms with Crippen molar-refractivity contribution in [3.05, 3.63) is 78.8 Å². The van der Waals surface area contributed by atoms with E-state index in [4.69, 9.17) is 9.40 Å². The third-order valence-electron chi connectivity index (χ3n) is 4.93. The Hall–Kier alpha value is -4.20. The summed E-state index contributed by atoms with van der Waals surface area (Å²) in [6, 6.07) is 16.9. The molecule has 5 aromatic rings. The van der Waals surface area contributed by atoms with Gasteiger partial charge in [0, 0.05) is 18.3 Å². The molecule has 1 aromatic carbocycles. The lowest BCUT2D eigenvalue weighted by Crippen LogP contribution is -2.14. The van der Waals surface area contributed by atoms with E-state index in [1.807, 2.05) is 50.2 Å². The standard InChI is InChI=1S/C23H20N6O2/c1-15(2)29-22-18(14-24-29)17(13-19(25-22)20-9-6-12-31-20)23(30)26-21-10-11-28(27-21)16-7-4-3-5-8-16/h3-15H,1-2H3,(H,26,27,30). The van der Waals surface area contributed by atoms with Crippen LogP contribution in [0.3, 0.4) is 0 Å². The summed E-state index contributed by atoms with van der Waals surface area (Å²) < 4.78 is 9.02. The van der Waals surface area contributed by atoms with E-state index < -0.39 is 0 Å². The lowest BCUT2D eigenvalue weighted by atomic mass is 10.1. The van der Waals surface area contributed by atoms with Crippen molar-refractivity contribution < 1.29 is 9.21 Å². The highest BCUT2D eigenvalue weighted by molar-refractivity contribution is 6.12. The second-order valence-electron chi connectivity index (χ2n) is 7.39. The Balaban J connectivity index is 1.53. The van der Waals surface area contributed by atoms with Crippen LogP contribution in [0.5, 0.6) is 0 Å². The fraction of sp³-hybridized carbons (Fsp3) is 0.130. The minimum Gasteiger partial charge on any atom is -0.463 e. The van der Waals surface area contributed by atoms with Gasteiger partial charge < -0.3 is 9.73 Å². The number of benzene rings is 1. The fourth-order valence-electron chi connectivity index (χ4n) is 3.43. The number of nitrogens with zero attached hydrogens (tertiary/aromatic N) is 5. The molecule has 5 rings (SSSR count). The molecular formula is C23H20N6O2. The van der Waals surface area contributed by atoms with Crippen LogP contribution in [-0.2, 0) is 0 Å². The first-order chi connectivity index (χ1) is 15.1. The molecule has 31 heavy (non-hydrogen) atoms. The Bertz CT molecular complexity index is 1350. The van der Waals surface area contributed by atoms with Crippen LogP contribution in [0.15, 0.2) is 77.7 Å². The van der Waals surface area contributed by atoms with Gasteiger partial charge in [-0.1, -0.05) is 18.2 Å². The van der Waals surface area contributed by atoms with Crippen LogP contribution < -0.4 is 5.32 Å². The smallest absolute Gasteiger partial charge is 0.257 e. The summed E-state index contributed by atoms with van der Waals surface area (Å²) in [4.78, 5) is 17.9. The fourth-order valence-corrected chi connectivity index (χ4v) is 3.43. The van der Waals surface area contributed by atoms with Crippen molar-refractivity contribution in [2.24, 2.45) is 0 Å². The van der Waals surface area contributed by atoms with Crippen molar-refractivity contribution in [3.63, 3.8) is 0 Å². The Labute approximate surface area is 178 Å². The third-order valence-corrected chi connectivity index (χ3v) is 4.93. The van der Waals surface area contributed by atoms with Gasteiger partial charge in [0.1, 0.15) is 5.69 Å². The quantitative estimate of drug-likeness (QED) is 0.451.